The molecule has 9 heteroatoms. The molecule has 2 aromatic heterocycles. The molecule has 0 unspecified atom stereocenters. The lowest BCUT2D eigenvalue weighted by Gasteiger charge is -2.17. The van der Waals surface area contributed by atoms with E-state index in [0.717, 1.165) is 16.3 Å². The Hall–Kier alpha value is -3.62. The zero-order valence-corrected chi connectivity index (χ0v) is 16.5. The fourth-order valence-corrected chi connectivity index (χ4v) is 3.57. The average Bonchev–Trinajstić information content (AvgIpc) is 2.78. The fourth-order valence-electron chi connectivity index (χ4n) is 3.57. The van der Waals surface area contributed by atoms with Gasteiger partial charge in [-0.2, -0.15) is 13.2 Å². The van der Waals surface area contributed by atoms with Gasteiger partial charge in [-0.25, -0.2) is 13.8 Å². The van der Waals surface area contributed by atoms with Gasteiger partial charge < -0.3 is 0 Å². The van der Waals surface area contributed by atoms with E-state index in [-0.39, 0.29) is 29.0 Å². The molecule has 2 heterocycles. The van der Waals surface area contributed by atoms with E-state index in [4.69, 9.17) is 0 Å². The molecule has 4 aromatic rings. The summed E-state index contributed by atoms with van der Waals surface area (Å²) in [5.41, 5.74) is -2.14. The summed E-state index contributed by atoms with van der Waals surface area (Å²) >= 11 is 0. The van der Waals surface area contributed by atoms with Crippen molar-refractivity contribution in [2.75, 3.05) is 0 Å². The van der Waals surface area contributed by atoms with Gasteiger partial charge in [0.1, 0.15) is 5.82 Å². The lowest BCUT2D eigenvalue weighted by atomic mass is 10.1. The van der Waals surface area contributed by atoms with Crippen LogP contribution in [0.4, 0.5) is 22.0 Å². The first-order chi connectivity index (χ1) is 15.3. The summed E-state index contributed by atoms with van der Waals surface area (Å²) in [5.74, 6) is -0.117. The smallest absolute Gasteiger partial charge is 0.292 e. The van der Waals surface area contributed by atoms with Crippen LogP contribution in [0.1, 0.15) is 23.2 Å². The Kier molecular flexibility index (Phi) is 5.73. The number of alkyl halides is 5. The molecule has 2 aromatic carbocycles. The molecule has 0 N–H and O–H groups in total. The molecule has 0 aliphatic rings. The number of aromatic nitrogens is 3. The Bertz CT molecular complexity index is 1320. The van der Waals surface area contributed by atoms with Gasteiger partial charge in [0.2, 0.25) is 0 Å². The average molecular weight is 445 g/mol. The molecule has 0 spiro atoms. The van der Waals surface area contributed by atoms with Crippen molar-refractivity contribution in [3.8, 4) is 11.4 Å². The van der Waals surface area contributed by atoms with Gasteiger partial charge in [0.05, 0.1) is 10.9 Å². The number of rotatable bonds is 5. The molecular formula is C23H16F5N3O. The Morgan fingerprint density at radius 3 is 2.31 bits per heavy atom. The SMILES string of the molecule is O=c1c2c(C(F)(F)F)nccc2nc(-c2ccccc2C(F)F)n1CCc1ccccc1. The molecule has 0 fully saturated rings. The zero-order valence-electron chi connectivity index (χ0n) is 16.5. The normalized spacial score (nSPS) is 11.9. The Labute approximate surface area is 179 Å². The van der Waals surface area contributed by atoms with Crippen molar-refractivity contribution in [1.82, 2.24) is 14.5 Å². The first kappa shape index (κ1) is 21.6. The molecule has 4 nitrogen and oxygen atoms in total. The van der Waals surface area contributed by atoms with Gasteiger partial charge in [-0.15, -0.1) is 0 Å². The molecule has 0 saturated carbocycles. The number of aryl methyl sites for hydroxylation is 1. The summed E-state index contributed by atoms with van der Waals surface area (Å²) in [6.07, 6.45) is -6.54. The predicted octanol–water partition coefficient (Wildman–Crippen LogP) is 5.66. The number of pyridine rings is 1. The highest BCUT2D eigenvalue weighted by Gasteiger charge is 2.36. The molecule has 0 aliphatic carbocycles. The van der Waals surface area contributed by atoms with E-state index in [1.54, 1.807) is 30.3 Å². The summed E-state index contributed by atoms with van der Waals surface area (Å²) in [7, 11) is 0. The van der Waals surface area contributed by atoms with Gasteiger partial charge in [0.25, 0.3) is 12.0 Å². The second-order valence-electron chi connectivity index (χ2n) is 7.07. The lowest BCUT2D eigenvalue weighted by molar-refractivity contribution is -0.139. The third-order valence-electron chi connectivity index (χ3n) is 5.04. The van der Waals surface area contributed by atoms with E-state index in [1.165, 1.54) is 30.3 Å². The quantitative estimate of drug-likeness (QED) is 0.373. The molecule has 0 aliphatic heterocycles. The maximum Gasteiger partial charge on any atom is 0.434 e. The van der Waals surface area contributed by atoms with Gasteiger partial charge >= 0.3 is 6.18 Å². The van der Waals surface area contributed by atoms with Crippen LogP contribution in [0.25, 0.3) is 22.3 Å². The molecular weight excluding hydrogens is 429 g/mol. The van der Waals surface area contributed by atoms with Crippen LogP contribution in [0, 0.1) is 0 Å². The first-order valence-corrected chi connectivity index (χ1v) is 9.65. The van der Waals surface area contributed by atoms with Crippen LogP contribution in [0.3, 0.4) is 0 Å². The Morgan fingerprint density at radius 1 is 0.938 bits per heavy atom. The Balaban J connectivity index is 1.99. The molecule has 0 saturated heterocycles. The van der Waals surface area contributed by atoms with Gasteiger partial charge in [0.15, 0.2) is 5.69 Å². The van der Waals surface area contributed by atoms with E-state index >= 15 is 0 Å². The van der Waals surface area contributed by atoms with Crippen molar-refractivity contribution in [3.63, 3.8) is 0 Å². The van der Waals surface area contributed by atoms with Crippen LogP contribution in [-0.4, -0.2) is 14.5 Å². The van der Waals surface area contributed by atoms with E-state index in [0.29, 0.717) is 6.42 Å². The number of benzene rings is 2. The fraction of sp³-hybridized carbons (Fsp3) is 0.174. The van der Waals surface area contributed by atoms with Crippen LogP contribution in [-0.2, 0) is 19.1 Å². The Morgan fingerprint density at radius 2 is 1.62 bits per heavy atom. The van der Waals surface area contributed by atoms with Crippen LogP contribution in [0.15, 0.2) is 71.7 Å². The summed E-state index contributed by atoms with van der Waals surface area (Å²) in [5, 5.41) is -0.689. The molecule has 4 rings (SSSR count). The van der Waals surface area contributed by atoms with Crippen LogP contribution < -0.4 is 5.56 Å². The second kappa shape index (κ2) is 8.49. The highest BCUT2D eigenvalue weighted by Crippen LogP contribution is 2.33. The summed E-state index contributed by atoms with van der Waals surface area (Å²) < 4.78 is 68.9. The summed E-state index contributed by atoms with van der Waals surface area (Å²) in [4.78, 5) is 20.9. The largest absolute Gasteiger partial charge is 0.434 e. The number of fused-ring (bicyclic) bond motifs is 1. The van der Waals surface area contributed by atoms with Crippen molar-refractivity contribution in [2.24, 2.45) is 0 Å². The molecule has 0 amide bonds. The maximum absolute atomic E-state index is 13.7. The van der Waals surface area contributed by atoms with Crippen molar-refractivity contribution < 1.29 is 22.0 Å². The second-order valence-corrected chi connectivity index (χ2v) is 7.07. The third kappa shape index (κ3) is 4.10. The standard InChI is InChI=1S/C23H16F5N3O/c24-20(25)15-8-4-5-9-16(15)21-30-17-10-12-29-19(23(26,27)28)18(17)22(32)31(21)13-11-14-6-2-1-3-7-14/h1-10,12,20H,11,13H2. The predicted molar refractivity (Wildman–Crippen MR) is 109 cm³/mol. The summed E-state index contributed by atoms with van der Waals surface area (Å²) in [6.45, 7) is -0.0507. The highest BCUT2D eigenvalue weighted by atomic mass is 19.4. The molecule has 32 heavy (non-hydrogen) atoms. The molecule has 0 radical (unpaired) electrons. The van der Waals surface area contributed by atoms with E-state index in [2.05, 4.69) is 9.97 Å². The molecule has 164 valence electrons. The monoisotopic (exact) mass is 445 g/mol. The minimum absolute atomic E-state index is 0.0140. The van der Waals surface area contributed by atoms with Crippen LogP contribution in [0.5, 0.6) is 0 Å². The molecule has 0 bridgehead atoms. The van der Waals surface area contributed by atoms with E-state index in [1.807, 2.05) is 0 Å². The number of nitrogens with zero attached hydrogens (tertiary/aromatic N) is 3. The maximum atomic E-state index is 13.7. The zero-order chi connectivity index (χ0) is 22.9. The van der Waals surface area contributed by atoms with E-state index in [9.17, 15) is 26.7 Å². The van der Waals surface area contributed by atoms with Crippen LogP contribution >= 0.6 is 0 Å². The van der Waals surface area contributed by atoms with Crippen LogP contribution in [0.2, 0.25) is 0 Å². The van der Waals surface area contributed by atoms with Gasteiger partial charge in [-0.05, 0) is 18.1 Å². The molecule has 0 atom stereocenters. The van der Waals surface area contributed by atoms with Gasteiger partial charge in [-0.3, -0.25) is 14.3 Å². The van der Waals surface area contributed by atoms with Crippen molar-refractivity contribution in [1.29, 1.82) is 0 Å². The van der Waals surface area contributed by atoms with Gasteiger partial charge in [0, 0.05) is 23.9 Å². The number of hydrogen-bond acceptors (Lipinski definition) is 3. The minimum Gasteiger partial charge on any atom is -0.292 e. The number of halogens is 5. The third-order valence-corrected chi connectivity index (χ3v) is 5.04. The van der Waals surface area contributed by atoms with Gasteiger partial charge in [-0.1, -0.05) is 54.6 Å². The highest BCUT2D eigenvalue weighted by molar-refractivity contribution is 5.82. The summed E-state index contributed by atoms with van der Waals surface area (Å²) in [6, 6.07) is 15.7. The van der Waals surface area contributed by atoms with E-state index < -0.39 is 29.2 Å². The lowest BCUT2D eigenvalue weighted by Crippen LogP contribution is -2.27. The topological polar surface area (TPSA) is 47.8 Å². The minimum atomic E-state index is -4.87. The first-order valence-electron chi connectivity index (χ1n) is 9.65. The number of hydrogen-bond donors (Lipinski definition) is 0. The van der Waals surface area contributed by atoms with Crippen molar-refractivity contribution >= 4 is 10.9 Å². The van der Waals surface area contributed by atoms with Crippen molar-refractivity contribution in [3.05, 3.63) is 94.0 Å². The van der Waals surface area contributed by atoms with Crippen molar-refractivity contribution in [2.45, 2.75) is 25.6 Å².